The van der Waals surface area contributed by atoms with Crippen LogP contribution < -0.4 is 14.8 Å². The fourth-order valence-corrected chi connectivity index (χ4v) is 2.86. The van der Waals surface area contributed by atoms with Crippen molar-refractivity contribution in [2.45, 2.75) is 27.2 Å². The lowest BCUT2D eigenvalue weighted by atomic mass is 10.1. The standard InChI is InChI=1S/C22H28N2O4/c1-5-13-24(15-21(25)23-18-10-8-7-9-16(18)3)22(26)17-11-12-19(27-4)20(14-17)28-6-2/h7-12,14H,5-6,13,15H2,1-4H3,(H,23,25). The Labute approximate surface area is 166 Å². The molecular weight excluding hydrogens is 356 g/mol. The van der Waals surface area contributed by atoms with Gasteiger partial charge in [0.25, 0.3) is 5.91 Å². The number of carbonyl (C=O) groups excluding carboxylic acids is 2. The van der Waals surface area contributed by atoms with E-state index in [2.05, 4.69) is 5.32 Å². The first kappa shape index (κ1) is 21.3. The third-order valence-electron chi connectivity index (χ3n) is 4.24. The fourth-order valence-electron chi connectivity index (χ4n) is 2.86. The molecule has 0 aliphatic carbocycles. The lowest BCUT2D eigenvalue weighted by Gasteiger charge is -2.22. The van der Waals surface area contributed by atoms with E-state index in [1.165, 1.54) is 0 Å². The third-order valence-corrected chi connectivity index (χ3v) is 4.24. The summed E-state index contributed by atoms with van der Waals surface area (Å²) in [6.07, 6.45) is 0.748. The number of carbonyl (C=O) groups is 2. The van der Waals surface area contributed by atoms with Crippen molar-refractivity contribution in [3.8, 4) is 11.5 Å². The van der Waals surface area contributed by atoms with Gasteiger partial charge in [0.05, 0.1) is 13.7 Å². The van der Waals surface area contributed by atoms with Gasteiger partial charge in [-0.25, -0.2) is 0 Å². The van der Waals surface area contributed by atoms with Gasteiger partial charge in [0.2, 0.25) is 5.91 Å². The Morgan fingerprint density at radius 3 is 2.46 bits per heavy atom. The number of hydrogen-bond acceptors (Lipinski definition) is 4. The molecule has 150 valence electrons. The second-order valence-corrected chi connectivity index (χ2v) is 6.39. The second kappa shape index (κ2) is 10.3. The SMILES string of the molecule is CCCN(CC(=O)Nc1ccccc1C)C(=O)c1ccc(OC)c(OCC)c1. The number of nitrogens with one attached hydrogen (secondary N) is 1. The van der Waals surface area contributed by atoms with Gasteiger partial charge in [-0.15, -0.1) is 0 Å². The smallest absolute Gasteiger partial charge is 0.254 e. The minimum Gasteiger partial charge on any atom is -0.493 e. The lowest BCUT2D eigenvalue weighted by Crippen LogP contribution is -2.38. The predicted octanol–water partition coefficient (Wildman–Crippen LogP) is 3.89. The van der Waals surface area contributed by atoms with Crippen molar-refractivity contribution in [2.75, 3.05) is 32.1 Å². The average molecular weight is 384 g/mol. The highest BCUT2D eigenvalue weighted by atomic mass is 16.5. The molecule has 6 nitrogen and oxygen atoms in total. The quantitative estimate of drug-likeness (QED) is 0.712. The number of ether oxygens (including phenoxy) is 2. The molecule has 2 aromatic carbocycles. The minimum atomic E-state index is -0.227. The number of aryl methyl sites for hydroxylation is 1. The first-order valence-corrected chi connectivity index (χ1v) is 9.45. The molecule has 0 saturated heterocycles. The summed E-state index contributed by atoms with van der Waals surface area (Å²) in [6, 6.07) is 12.6. The first-order chi connectivity index (χ1) is 13.5. The summed E-state index contributed by atoms with van der Waals surface area (Å²) in [5, 5.41) is 2.88. The van der Waals surface area contributed by atoms with Crippen LogP contribution in [0.15, 0.2) is 42.5 Å². The molecule has 28 heavy (non-hydrogen) atoms. The van der Waals surface area contributed by atoms with Crippen molar-refractivity contribution in [3.63, 3.8) is 0 Å². The number of benzene rings is 2. The van der Waals surface area contributed by atoms with Gasteiger partial charge in [0.15, 0.2) is 11.5 Å². The number of amides is 2. The molecule has 0 saturated carbocycles. The minimum absolute atomic E-state index is 0.0169. The van der Waals surface area contributed by atoms with Gasteiger partial charge in [-0.3, -0.25) is 9.59 Å². The highest BCUT2D eigenvalue weighted by Gasteiger charge is 2.20. The molecule has 0 atom stereocenters. The van der Waals surface area contributed by atoms with Gasteiger partial charge >= 0.3 is 0 Å². The Morgan fingerprint density at radius 2 is 1.82 bits per heavy atom. The van der Waals surface area contributed by atoms with E-state index in [0.717, 1.165) is 17.7 Å². The average Bonchev–Trinajstić information content (AvgIpc) is 2.69. The highest BCUT2D eigenvalue weighted by Crippen LogP contribution is 2.28. The van der Waals surface area contributed by atoms with Crippen LogP contribution in [0.3, 0.4) is 0 Å². The summed E-state index contributed by atoms with van der Waals surface area (Å²) < 4.78 is 10.8. The lowest BCUT2D eigenvalue weighted by molar-refractivity contribution is -0.116. The van der Waals surface area contributed by atoms with E-state index >= 15 is 0 Å². The molecule has 2 aromatic rings. The number of hydrogen-bond donors (Lipinski definition) is 1. The Balaban J connectivity index is 2.16. The van der Waals surface area contributed by atoms with Crippen LogP contribution in [0.1, 0.15) is 36.2 Å². The highest BCUT2D eigenvalue weighted by molar-refractivity contribution is 6.00. The molecule has 0 aromatic heterocycles. The maximum absolute atomic E-state index is 13.0. The topological polar surface area (TPSA) is 67.9 Å². The molecule has 6 heteroatoms. The van der Waals surface area contributed by atoms with Gasteiger partial charge in [-0.1, -0.05) is 25.1 Å². The Bertz CT molecular complexity index is 820. The van der Waals surface area contributed by atoms with Crippen molar-refractivity contribution in [1.29, 1.82) is 0 Å². The summed E-state index contributed by atoms with van der Waals surface area (Å²) in [5.74, 6) is 0.634. The zero-order valence-corrected chi connectivity index (χ0v) is 17.0. The fraction of sp³-hybridized carbons (Fsp3) is 0.364. The molecule has 0 unspecified atom stereocenters. The molecule has 0 aliphatic rings. The summed E-state index contributed by atoms with van der Waals surface area (Å²) >= 11 is 0. The van der Waals surface area contributed by atoms with Gasteiger partial charge in [0, 0.05) is 17.8 Å². The van der Waals surface area contributed by atoms with Crippen molar-refractivity contribution < 1.29 is 19.1 Å². The Kier molecular flexibility index (Phi) is 7.87. The summed E-state index contributed by atoms with van der Waals surface area (Å²) in [4.78, 5) is 27.0. The van der Waals surface area contributed by atoms with Crippen LogP contribution in [0, 0.1) is 6.92 Å². The molecule has 0 fully saturated rings. The maximum Gasteiger partial charge on any atom is 0.254 e. The van der Waals surface area contributed by atoms with Gasteiger partial charge in [0.1, 0.15) is 6.54 Å². The van der Waals surface area contributed by atoms with E-state index in [9.17, 15) is 9.59 Å². The largest absolute Gasteiger partial charge is 0.493 e. The summed E-state index contributed by atoms with van der Waals surface area (Å²) in [6.45, 7) is 6.70. The van der Waals surface area contributed by atoms with E-state index in [1.807, 2.05) is 45.0 Å². The number of methoxy groups -OCH3 is 1. The Hall–Kier alpha value is -3.02. The van der Waals surface area contributed by atoms with E-state index in [-0.39, 0.29) is 18.4 Å². The molecule has 0 radical (unpaired) electrons. The zero-order chi connectivity index (χ0) is 20.5. The predicted molar refractivity (Wildman–Crippen MR) is 110 cm³/mol. The second-order valence-electron chi connectivity index (χ2n) is 6.39. The molecule has 2 rings (SSSR count). The Morgan fingerprint density at radius 1 is 1.07 bits per heavy atom. The molecule has 1 N–H and O–H groups in total. The van der Waals surface area contributed by atoms with E-state index in [4.69, 9.17) is 9.47 Å². The number of nitrogens with zero attached hydrogens (tertiary/aromatic N) is 1. The van der Waals surface area contributed by atoms with E-state index in [0.29, 0.717) is 30.2 Å². The normalized spacial score (nSPS) is 10.3. The van der Waals surface area contributed by atoms with Crippen LogP contribution in [0.2, 0.25) is 0 Å². The number of para-hydroxylation sites is 1. The maximum atomic E-state index is 13.0. The molecule has 0 aliphatic heterocycles. The number of rotatable bonds is 9. The molecule has 0 spiro atoms. The van der Waals surface area contributed by atoms with Crippen molar-refractivity contribution in [2.24, 2.45) is 0 Å². The van der Waals surface area contributed by atoms with Crippen molar-refractivity contribution in [3.05, 3.63) is 53.6 Å². The molecular formula is C22H28N2O4. The summed E-state index contributed by atoms with van der Waals surface area (Å²) in [5.41, 5.74) is 2.18. The van der Waals surface area contributed by atoms with E-state index < -0.39 is 0 Å². The van der Waals surface area contributed by atoms with Crippen LogP contribution in [-0.2, 0) is 4.79 Å². The van der Waals surface area contributed by atoms with Crippen molar-refractivity contribution >= 4 is 17.5 Å². The zero-order valence-electron chi connectivity index (χ0n) is 17.0. The molecule has 0 bridgehead atoms. The van der Waals surface area contributed by atoms with Crippen LogP contribution in [0.5, 0.6) is 11.5 Å². The number of anilines is 1. The molecule has 2 amide bonds. The molecule has 0 heterocycles. The van der Waals surface area contributed by atoms with Gasteiger partial charge in [-0.2, -0.15) is 0 Å². The van der Waals surface area contributed by atoms with E-state index in [1.54, 1.807) is 30.2 Å². The summed E-state index contributed by atoms with van der Waals surface area (Å²) in [7, 11) is 1.55. The van der Waals surface area contributed by atoms with Crippen LogP contribution in [0.25, 0.3) is 0 Å². The third kappa shape index (κ3) is 5.49. The van der Waals surface area contributed by atoms with Crippen LogP contribution >= 0.6 is 0 Å². The monoisotopic (exact) mass is 384 g/mol. The van der Waals surface area contributed by atoms with Crippen LogP contribution in [-0.4, -0.2) is 43.5 Å². The van der Waals surface area contributed by atoms with Crippen molar-refractivity contribution in [1.82, 2.24) is 4.90 Å². The van der Waals surface area contributed by atoms with Gasteiger partial charge < -0.3 is 19.7 Å². The van der Waals surface area contributed by atoms with Crippen LogP contribution in [0.4, 0.5) is 5.69 Å². The van der Waals surface area contributed by atoms with Gasteiger partial charge in [-0.05, 0) is 50.1 Å². The first-order valence-electron chi connectivity index (χ1n) is 9.45.